The molecule has 1 aliphatic carbocycles. The lowest BCUT2D eigenvalue weighted by Gasteiger charge is -2.22. The summed E-state index contributed by atoms with van der Waals surface area (Å²) in [6.45, 7) is 3.33. The van der Waals surface area contributed by atoms with Crippen molar-refractivity contribution in [2.45, 2.75) is 71.3 Å². The van der Waals surface area contributed by atoms with Crippen molar-refractivity contribution in [1.82, 2.24) is 0 Å². The van der Waals surface area contributed by atoms with Crippen molar-refractivity contribution < 1.29 is 34.4 Å². The number of hydrogen-bond donors (Lipinski definition) is 2. The quantitative estimate of drug-likeness (QED) is 0.243. The van der Waals surface area contributed by atoms with Crippen LogP contribution in [0.5, 0.6) is 11.5 Å². The Morgan fingerprint density at radius 3 is 2.17 bits per heavy atom. The van der Waals surface area contributed by atoms with Crippen LogP contribution in [0.3, 0.4) is 0 Å². The van der Waals surface area contributed by atoms with E-state index in [-0.39, 0.29) is 22.4 Å². The largest absolute Gasteiger partial charge is 0.507 e. The van der Waals surface area contributed by atoms with Gasteiger partial charge in [0.15, 0.2) is 11.6 Å². The molecule has 0 aromatic heterocycles. The van der Waals surface area contributed by atoms with Gasteiger partial charge in [0.2, 0.25) is 0 Å². The highest BCUT2D eigenvalue weighted by atomic mass is 17.2. The van der Waals surface area contributed by atoms with Gasteiger partial charge in [-0.3, -0.25) is 14.5 Å². The zero-order valence-electron chi connectivity index (χ0n) is 16.9. The van der Waals surface area contributed by atoms with Gasteiger partial charge >= 0.3 is 5.97 Å². The van der Waals surface area contributed by atoms with Gasteiger partial charge in [-0.15, -0.1) is 0 Å². The van der Waals surface area contributed by atoms with Gasteiger partial charge in [-0.1, -0.05) is 51.9 Å². The Morgan fingerprint density at radius 2 is 1.55 bits per heavy atom. The predicted octanol–water partition coefficient (Wildman–Crippen LogP) is 4.41. The molecular weight excluding hydrogens is 376 g/mol. The van der Waals surface area contributed by atoms with E-state index in [1.807, 2.05) is 0 Å². The Balaban J connectivity index is 2.13. The van der Waals surface area contributed by atoms with Crippen molar-refractivity contribution in [2.24, 2.45) is 0 Å². The molecule has 0 radical (unpaired) electrons. The number of rotatable bonds is 11. The first kappa shape index (κ1) is 22.6. The molecule has 2 N–H and O–H groups in total. The normalized spacial score (nSPS) is 14.3. The summed E-state index contributed by atoms with van der Waals surface area (Å²) in [4.78, 5) is 46.3. The molecule has 0 aliphatic heterocycles. The lowest BCUT2D eigenvalue weighted by molar-refractivity contribution is -0.289. The highest BCUT2D eigenvalue weighted by molar-refractivity contribution is 6.26. The van der Waals surface area contributed by atoms with E-state index < -0.39 is 29.4 Å². The van der Waals surface area contributed by atoms with Crippen molar-refractivity contribution in [3.63, 3.8) is 0 Å². The van der Waals surface area contributed by atoms with Gasteiger partial charge in [0.25, 0.3) is 0 Å². The molecule has 7 heteroatoms. The van der Waals surface area contributed by atoms with Gasteiger partial charge in [0, 0.05) is 12.5 Å². The fraction of sp³-hybridized carbons (Fsp3) is 0.500. The van der Waals surface area contributed by atoms with Crippen LogP contribution in [0.25, 0.3) is 0 Å². The van der Waals surface area contributed by atoms with E-state index >= 15 is 0 Å². The Hall–Kier alpha value is -2.67. The standard InChI is InChI=1S/C22H28O7/c1-3-4-5-6-7-8-9-10-19(29-28-14(2)23)15-13-18(26)20-16(24)11-12-17(25)21(20)22(15)27/h11-13,19,24-25H,3-10H2,1-2H3. The minimum atomic E-state index is -0.930. The Labute approximate surface area is 170 Å². The number of Topliss-reactive ketones (excluding diaryl/α,β-unsaturated/α-hetero) is 1. The van der Waals surface area contributed by atoms with Crippen LogP contribution in [0.15, 0.2) is 23.8 Å². The number of benzene rings is 1. The monoisotopic (exact) mass is 404 g/mol. The molecule has 7 nitrogen and oxygen atoms in total. The van der Waals surface area contributed by atoms with E-state index in [9.17, 15) is 24.6 Å². The second-order valence-corrected chi connectivity index (χ2v) is 7.22. The van der Waals surface area contributed by atoms with Crippen LogP contribution in [-0.2, 0) is 14.6 Å². The first-order valence-electron chi connectivity index (χ1n) is 10.1. The van der Waals surface area contributed by atoms with E-state index in [4.69, 9.17) is 4.89 Å². The van der Waals surface area contributed by atoms with Gasteiger partial charge in [-0.2, -0.15) is 4.89 Å². The molecule has 1 aromatic carbocycles. The Bertz CT molecular complexity index is 795. The summed E-state index contributed by atoms with van der Waals surface area (Å²) < 4.78 is 0. The second kappa shape index (κ2) is 10.8. The third-order valence-corrected chi connectivity index (χ3v) is 4.88. The van der Waals surface area contributed by atoms with Crippen molar-refractivity contribution in [2.75, 3.05) is 0 Å². The average molecular weight is 404 g/mol. The molecule has 0 heterocycles. The summed E-state index contributed by atoms with van der Waals surface area (Å²) in [6, 6.07) is 2.31. The lowest BCUT2D eigenvalue weighted by atomic mass is 9.84. The van der Waals surface area contributed by atoms with Crippen LogP contribution < -0.4 is 0 Å². The smallest absolute Gasteiger partial charge is 0.339 e. The molecule has 0 amide bonds. The van der Waals surface area contributed by atoms with Gasteiger partial charge in [-0.05, 0) is 24.6 Å². The van der Waals surface area contributed by atoms with Gasteiger partial charge in [0.05, 0.1) is 11.1 Å². The van der Waals surface area contributed by atoms with Crippen LogP contribution in [-0.4, -0.2) is 33.9 Å². The summed E-state index contributed by atoms with van der Waals surface area (Å²) in [5.41, 5.74) is -0.500. The third-order valence-electron chi connectivity index (χ3n) is 4.88. The van der Waals surface area contributed by atoms with Crippen LogP contribution in [0, 0.1) is 0 Å². The Morgan fingerprint density at radius 1 is 0.966 bits per heavy atom. The highest BCUT2D eigenvalue weighted by Crippen LogP contribution is 2.36. The maximum atomic E-state index is 12.9. The minimum absolute atomic E-state index is 0.00404. The second-order valence-electron chi connectivity index (χ2n) is 7.22. The number of aromatic hydroxyl groups is 2. The molecule has 1 unspecified atom stereocenters. The van der Waals surface area contributed by atoms with Crippen LogP contribution in [0.1, 0.15) is 85.9 Å². The van der Waals surface area contributed by atoms with Crippen molar-refractivity contribution >= 4 is 17.5 Å². The highest BCUT2D eigenvalue weighted by Gasteiger charge is 2.35. The van der Waals surface area contributed by atoms with E-state index in [1.54, 1.807) is 0 Å². The summed E-state index contributed by atoms with van der Waals surface area (Å²) in [5.74, 6) is -2.70. The van der Waals surface area contributed by atoms with E-state index in [0.29, 0.717) is 6.42 Å². The molecule has 0 spiro atoms. The molecule has 2 rings (SSSR count). The number of carbonyl (C=O) groups is 3. The van der Waals surface area contributed by atoms with Crippen LogP contribution >= 0.6 is 0 Å². The molecule has 0 saturated heterocycles. The zero-order valence-corrected chi connectivity index (χ0v) is 16.9. The summed E-state index contributed by atoms with van der Waals surface area (Å²) in [5, 5.41) is 20.0. The SMILES string of the molecule is CCCCCCCCCC(OOC(C)=O)C1=CC(=O)c2c(O)ccc(O)c2C1=O. The van der Waals surface area contributed by atoms with E-state index in [0.717, 1.165) is 43.9 Å². The molecule has 1 atom stereocenters. The number of carbonyl (C=O) groups excluding carboxylic acids is 3. The van der Waals surface area contributed by atoms with Crippen LogP contribution in [0.2, 0.25) is 0 Å². The first-order valence-corrected chi connectivity index (χ1v) is 10.1. The summed E-state index contributed by atoms with van der Waals surface area (Å²) in [6.07, 6.45) is 7.90. The molecule has 1 aromatic rings. The predicted molar refractivity (Wildman–Crippen MR) is 106 cm³/mol. The van der Waals surface area contributed by atoms with E-state index in [2.05, 4.69) is 11.8 Å². The first-order chi connectivity index (χ1) is 13.9. The maximum Gasteiger partial charge on any atom is 0.339 e. The number of fused-ring (bicyclic) bond motifs is 1. The molecule has 0 bridgehead atoms. The number of allylic oxidation sites excluding steroid dienone is 1. The fourth-order valence-electron chi connectivity index (χ4n) is 3.39. The Kier molecular flexibility index (Phi) is 8.39. The molecule has 0 fully saturated rings. The van der Waals surface area contributed by atoms with Crippen molar-refractivity contribution in [3.05, 3.63) is 34.9 Å². The van der Waals surface area contributed by atoms with E-state index in [1.165, 1.54) is 26.2 Å². The number of phenols is 2. The molecule has 158 valence electrons. The number of ketones is 2. The van der Waals surface area contributed by atoms with Crippen LogP contribution in [0.4, 0.5) is 0 Å². The number of hydrogen-bond acceptors (Lipinski definition) is 7. The third kappa shape index (κ3) is 5.90. The molecular formula is C22H28O7. The minimum Gasteiger partial charge on any atom is -0.507 e. The zero-order chi connectivity index (χ0) is 21.4. The van der Waals surface area contributed by atoms with Gasteiger partial charge in [-0.25, -0.2) is 4.79 Å². The summed E-state index contributed by atoms with van der Waals surface area (Å²) >= 11 is 0. The molecule has 0 saturated carbocycles. The van der Waals surface area contributed by atoms with Crippen molar-refractivity contribution in [1.29, 1.82) is 0 Å². The topological polar surface area (TPSA) is 110 Å². The van der Waals surface area contributed by atoms with Crippen molar-refractivity contribution in [3.8, 4) is 11.5 Å². The molecule has 1 aliphatic rings. The average Bonchev–Trinajstić information content (AvgIpc) is 2.68. The summed E-state index contributed by atoms with van der Waals surface area (Å²) in [7, 11) is 0. The lowest BCUT2D eigenvalue weighted by Crippen LogP contribution is -2.28. The fourth-order valence-corrected chi connectivity index (χ4v) is 3.39. The number of unbranched alkanes of at least 4 members (excludes halogenated alkanes) is 6. The maximum absolute atomic E-state index is 12.9. The molecule has 29 heavy (non-hydrogen) atoms. The van der Waals surface area contributed by atoms with Gasteiger partial charge in [0.1, 0.15) is 17.6 Å². The van der Waals surface area contributed by atoms with Gasteiger partial charge < -0.3 is 10.2 Å². The number of phenolic OH excluding ortho intramolecular Hbond substituents is 2.